The SMILES string of the molecule is CC(N)CCCC(=O)NCCC1CCC1. The molecule has 88 valence electrons. The first-order chi connectivity index (χ1) is 7.18. The summed E-state index contributed by atoms with van der Waals surface area (Å²) in [5.41, 5.74) is 5.61. The van der Waals surface area contributed by atoms with Crippen LogP contribution in [-0.4, -0.2) is 18.5 Å². The van der Waals surface area contributed by atoms with Crippen molar-refractivity contribution < 1.29 is 4.79 Å². The van der Waals surface area contributed by atoms with Crippen LogP contribution >= 0.6 is 0 Å². The summed E-state index contributed by atoms with van der Waals surface area (Å²) in [4.78, 5) is 11.4. The van der Waals surface area contributed by atoms with E-state index in [1.807, 2.05) is 6.92 Å². The predicted octanol–water partition coefficient (Wildman–Crippen LogP) is 1.81. The average Bonchev–Trinajstić information content (AvgIpc) is 2.08. The third-order valence-electron chi connectivity index (χ3n) is 3.16. The van der Waals surface area contributed by atoms with Gasteiger partial charge in [0.15, 0.2) is 0 Å². The maximum absolute atomic E-state index is 11.4. The first-order valence-corrected chi connectivity index (χ1v) is 6.20. The molecule has 0 heterocycles. The fraction of sp³-hybridized carbons (Fsp3) is 0.917. The minimum atomic E-state index is 0.190. The standard InChI is InChI=1S/C12H24N2O/c1-10(13)4-2-7-12(15)14-9-8-11-5-3-6-11/h10-11H,2-9,13H2,1H3,(H,14,15). The van der Waals surface area contributed by atoms with Gasteiger partial charge in [0.25, 0.3) is 0 Å². The molecule has 1 unspecified atom stereocenters. The third-order valence-corrected chi connectivity index (χ3v) is 3.16. The Morgan fingerprint density at radius 2 is 2.27 bits per heavy atom. The molecule has 3 nitrogen and oxygen atoms in total. The summed E-state index contributed by atoms with van der Waals surface area (Å²) in [5.74, 6) is 1.07. The lowest BCUT2D eigenvalue weighted by Crippen LogP contribution is -2.27. The van der Waals surface area contributed by atoms with Gasteiger partial charge in [-0.15, -0.1) is 0 Å². The topological polar surface area (TPSA) is 55.1 Å². The lowest BCUT2D eigenvalue weighted by atomic mass is 9.83. The summed E-state index contributed by atoms with van der Waals surface area (Å²) < 4.78 is 0. The fourth-order valence-electron chi connectivity index (χ4n) is 1.87. The van der Waals surface area contributed by atoms with Gasteiger partial charge in [-0.1, -0.05) is 19.3 Å². The number of hydrogen-bond donors (Lipinski definition) is 2. The van der Waals surface area contributed by atoms with Gasteiger partial charge < -0.3 is 11.1 Å². The van der Waals surface area contributed by atoms with Crippen LogP contribution in [0.2, 0.25) is 0 Å². The molecule has 1 aliphatic rings. The number of amides is 1. The van der Waals surface area contributed by atoms with Gasteiger partial charge in [0.05, 0.1) is 0 Å². The Morgan fingerprint density at radius 1 is 1.53 bits per heavy atom. The number of carbonyl (C=O) groups excluding carboxylic acids is 1. The molecule has 1 amide bonds. The molecule has 0 aromatic rings. The molecule has 0 saturated heterocycles. The van der Waals surface area contributed by atoms with Crippen LogP contribution in [0.1, 0.15) is 51.9 Å². The van der Waals surface area contributed by atoms with Crippen LogP contribution in [0.5, 0.6) is 0 Å². The van der Waals surface area contributed by atoms with E-state index >= 15 is 0 Å². The van der Waals surface area contributed by atoms with E-state index in [1.54, 1.807) is 0 Å². The van der Waals surface area contributed by atoms with E-state index in [1.165, 1.54) is 25.7 Å². The summed E-state index contributed by atoms with van der Waals surface area (Å²) in [6.07, 6.45) is 7.75. The molecule has 3 heteroatoms. The van der Waals surface area contributed by atoms with Gasteiger partial charge in [-0.05, 0) is 32.1 Å². The normalized spacial score (nSPS) is 18.3. The van der Waals surface area contributed by atoms with Crippen molar-refractivity contribution >= 4 is 5.91 Å². The minimum Gasteiger partial charge on any atom is -0.356 e. The smallest absolute Gasteiger partial charge is 0.219 e. The zero-order chi connectivity index (χ0) is 11.1. The number of nitrogens with one attached hydrogen (secondary N) is 1. The molecule has 3 N–H and O–H groups in total. The first kappa shape index (κ1) is 12.5. The summed E-state index contributed by atoms with van der Waals surface area (Å²) in [5, 5.41) is 2.98. The molecule has 1 aliphatic carbocycles. The number of hydrogen-bond acceptors (Lipinski definition) is 2. The molecule has 0 bridgehead atoms. The number of rotatable bonds is 7. The molecular formula is C12H24N2O. The minimum absolute atomic E-state index is 0.190. The van der Waals surface area contributed by atoms with Gasteiger partial charge >= 0.3 is 0 Å². The molecule has 1 rings (SSSR count). The molecular weight excluding hydrogens is 188 g/mol. The highest BCUT2D eigenvalue weighted by Crippen LogP contribution is 2.28. The summed E-state index contributed by atoms with van der Waals surface area (Å²) in [6.45, 7) is 2.84. The first-order valence-electron chi connectivity index (χ1n) is 6.20. The molecule has 0 aromatic heterocycles. The lowest BCUT2D eigenvalue weighted by Gasteiger charge is -2.25. The van der Waals surface area contributed by atoms with Gasteiger partial charge in [-0.2, -0.15) is 0 Å². The highest BCUT2D eigenvalue weighted by Gasteiger charge is 2.16. The second kappa shape index (κ2) is 6.83. The second-order valence-electron chi connectivity index (χ2n) is 4.81. The molecule has 0 spiro atoms. The van der Waals surface area contributed by atoms with Crippen molar-refractivity contribution in [3.63, 3.8) is 0 Å². The summed E-state index contributed by atoms with van der Waals surface area (Å²) in [6, 6.07) is 0.216. The van der Waals surface area contributed by atoms with Crippen molar-refractivity contribution in [1.29, 1.82) is 0 Å². The Kier molecular flexibility index (Phi) is 5.69. The quantitative estimate of drug-likeness (QED) is 0.676. The lowest BCUT2D eigenvalue weighted by molar-refractivity contribution is -0.121. The zero-order valence-electron chi connectivity index (χ0n) is 9.80. The molecule has 1 fully saturated rings. The van der Waals surface area contributed by atoms with Crippen LogP contribution in [-0.2, 0) is 4.79 Å². The maximum atomic E-state index is 11.4. The Bertz CT molecular complexity index is 188. The number of nitrogens with two attached hydrogens (primary N) is 1. The van der Waals surface area contributed by atoms with E-state index in [4.69, 9.17) is 5.73 Å². The third kappa shape index (κ3) is 5.78. The van der Waals surface area contributed by atoms with Crippen LogP contribution in [0.15, 0.2) is 0 Å². The molecule has 0 radical (unpaired) electrons. The predicted molar refractivity (Wildman–Crippen MR) is 62.5 cm³/mol. The second-order valence-corrected chi connectivity index (χ2v) is 4.81. The van der Waals surface area contributed by atoms with Gasteiger partial charge in [-0.3, -0.25) is 4.79 Å². The van der Waals surface area contributed by atoms with Crippen molar-refractivity contribution in [3.05, 3.63) is 0 Å². The molecule has 1 atom stereocenters. The van der Waals surface area contributed by atoms with E-state index in [2.05, 4.69) is 5.32 Å². The van der Waals surface area contributed by atoms with Gasteiger partial charge in [0, 0.05) is 19.0 Å². The summed E-state index contributed by atoms with van der Waals surface area (Å²) >= 11 is 0. The zero-order valence-corrected chi connectivity index (χ0v) is 9.80. The van der Waals surface area contributed by atoms with Crippen LogP contribution in [0.3, 0.4) is 0 Å². The highest BCUT2D eigenvalue weighted by atomic mass is 16.1. The van der Waals surface area contributed by atoms with E-state index in [0.717, 1.165) is 25.3 Å². The van der Waals surface area contributed by atoms with Gasteiger partial charge in [0.1, 0.15) is 0 Å². The Balaban J connectivity index is 1.88. The monoisotopic (exact) mass is 212 g/mol. The fourth-order valence-corrected chi connectivity index (χ4v) is 1.87. The van der Waals surface area contributed by atoms with E-state index in [-0.39, 0.29) is 11.9 Å². The van der Waals surface area contributed by atoms with Crippen LogP contribution < -0.4 is 11.1 Å². The highest BCUT2D eigenvalue weighted by molar-refractivity contribution is 5.75. The number of carbonyl (C=O) groups is 1. The molecule has 1 saturated carbocycles. The Hall–Kier alpha value is -0.570. The molecule has 0 aromatic carbocycles. The van der Waals surface area contributed by atoms with Crippen molar-refractivity contribution in [1.82, 2.24) is 5.32 Å². The largest absolute Gasteiger partial charge is 0.356 e. The maximum Gasteiger partial charge on any atom is 0.219 e. The van der Waals surface area contributed by atoms with Crippen molar-refractivity contribution in [2.45, 2.75) is 57.9 Å². The van der Waals surface area contributed by atoms with E-state index in [9.17, 15) is 4.79 Å². The van der Waals surface area contributed by atoms with Crippen molar-refractivity contribution in [2.24, 2.45) is 11.7 Å². The van der Waals surface area contributed by atoms with E-state index in [0.29, 0.717) is 6.42 Å². The Morgan fingerprint density at radius 3 is 2.80 bits per heavy atom. The molecule has 15 heavy (non-hydrogen) atoms. The van der Waals surface area contributed by atoms with Crippen LogP contribution in [0, 0.1) is 5.92 Å². The van der Waals surface area contributed by atoms with Gasteiger partial charge in [-0.25, -0.2) is 0 Å². The van der Waals surface area contributed by atoms with E-state index < -0.39 is 0 Å². The van der Waals surface area contributed by atoms with Crippen molar-refractivity contribution in [3.8, 4) is 0 Å². The van der Waals surface area contributed by atoms with Crippen molar-refractivity contribution in [2.75, 3.05) is 6.54 Å². The summed E-state index contributed by atoms with van der Waals surface area (Å²) in [7, 11) is 0. The molecule has 0 aliphatic heterocycles. The average molecular weight is 212 g/mol. The van der Waals surface area contributed by atoms with Crippen LogP contribution in [0.4, 0.5) is 0 Å². The Labute approximate surface area is 92.8 Å². The van der Waals surface area contributed by atoms with Crippen LogP contribution in [0.25, 0.3) is 0 Å². The van der Waals surface area contributed by atoms with Gasteiger partial charge in [0.2, 0.25) is 5.91 Å².